The molecule has 2 aromatic carbocycles. The fourth-order valence-corrected chi connectivity index (χ4v) is 2.01. The largest absolute Gasteiger partial charge is 0.456 e. The number of hydrogen-bond donors (Lipinski definition) is 0. The molecule has 0 bridgehead atoms. The van der Waals surface area contributed by atoms with Crippen LogP contribution >= 0.6 is 0 Å². The summed E-state index contributed by atoms with van der Waals surface area (Å²) in [5.74, 6) is 0.473. The molecule has 0 saturated carbocycles. The van der Waals surface area contributed by atoms with Gasteiger partial charge in [0.05, 0.1) is 5.39 Å². The van der Waals surface area contributed by atoms with E-state index >= 15 is 0 Å². The average Bonchev–Trinajstić information content (AvgIpc) is 2.47. The van der Waals surface area contributed by atoms with Crippen LogP contribution in [0.2, 0.25) is 0 Å². The molecule has 4 nitrogen and oxygen atoms in total. The minimum Gasteiger partial charge on any atom is -0.456 e. The summed E-state index contributed by atoms with van der Waals surface area (Å²) >= 11 is 0. The van der Waals surface area contributed by atoms with Gasteiger partial charge in [-0.05, 0) is 17.3 Å². The number of rotatable bonds is 2. The molecule has 0 saturated heterocycles. The van der Waals surface area contributed by atoms with Crippen molar-refractivity contribution in [2.75, 3.05) is 0 Å². The molecule has 3 aromatic rings. The third-order valence-corrected chi connectivity index (χ3v) is 2.89. The minimum absolute atomic E-state index is 0.103. The predicted octanol–water partition coefficient (Wildman–Crippen LogP) is 3.86. The van der Waals surface area contributed by atoms with Crippen molar-refractivity contribution in [1.82, 2.24) is 0 Å². The van der Waals surface area contributed by atoms with E-state index in [-0.39, 0.29) is 16.5 Å². The van der Waals surface area contributed by atoms with Gasteiger partial charge in [-0.15, -0.1) is 4.91 Å². The summed E-state index contributed by atoms with van der Waals surface area (Å²) in [6.07, 6.45) is 0. The molecule has 1 heterocycles. The molecule has 0 aliphatic heterocycles. The Morgan fingerprint density at radius 3 is 2.47 bits per heavy atom. The first-order valence-corrected chi connectivity index (χ1v) is 5.75. The third kappa shape index (κ3) is 1.93. The lowest BCUT2D eigenvalue weighted by molar-refractivity contribution is 0.619. The first-order chi connectivity index (χ1) is 9.29. The molecule has 1 aromatic heterocycles. The zero-order valence-electron chi connectivity index (χ0n) is 9.87. The van der Waals surface area contributed by atoms with E-state index in [1.807, 2.05) is 30.3 Å². The Kier molecular flexibility index (Phi) is 2.68. The summed E-state index contributed by atoms with van der Waals surface area (Å²) < 4.78 is 5.67. The van der Waals surface area contributed by atoms with Crippen LogP contribution in [-0.4, -0.2) is 0 Å². The monoisotopic (exact) mass is 251 g/mol. The summed E-state index contributed by atoms with van der Waals surface area (Å²) in [6.45, 7) is 0. The lowest BCUT2D eigenvalue weighted by Crippen LogP contribution is -2.00. The van der Waals surface area contributed by atoms with E-state index in [1.54, 1.807) is 12.1 Å². The van der Waals surface area contributed by atoms with Gasteiger partial charge in [-0.25, -0.2) is 0 Å². The first-order valence-electron chi connectivity index (χ1n) is 5.75. The summed E-state index contributed by atoms with van der Waals surface area (Å²) in [4.78, 5) is 22.8. The van der Waals surface area contributed by atoms with Crippen molar-refractivity contribution >= 4 is 16.7 Å². The van der Waals surface area contributed by atoms with Crippen LogP contribution in [0.3, 0.4) is 0 Å². The van der Waals surface area contributed by atoms with E-state index in [4.69, 9.17) is 4.42 Å². The van der Waals surface area contributed by atoms with E-state index < -0.39 is 0 Å². The highest BCUT2D eigenvalue weighted by Crippen LogP contribution is 2.26. The van der Waals surface area contributed by atoms with Crippen LogP contribution in [0.25, 0.3) is 22.3 Å². The van der Waals surface area contributed by atoms with Crippen LogP contribution in [-0.2, 0) is 0 Å². The van der Waals surface area contributed by atoms with E-state index in [9.17, 15) is 9.70 Å². The van der Waals surface area contributed by atoms with Gasteiger partial charge in [-0.2, -0.15) is 0 Å². The maximum absolute atomic E-state index is 12.1. The average molecular weight is 251 g/mol. The highest BCUT2D eigenvalue weighted by molar-refractivity contribution is 5.89. The molecule has 4 heteroatoms. The summed E-state index contributed by atoms with van der Waals surface area (Å²) in [5, 5.41) is 3.07. The minimum atomic E-state index is -0.268. The number of hydrogen-bond acceptors (Lipinski definition) is 4. The molecule has 0 amide bonds. The molecule has 19 heavy (non-hydrogen) atoms. The van der Waals surface area contributed by atoms with Crippen molar-refractivity contribution in [1.29, 1.82) is 0 Å². The molecule has 3 rings (SSSR count). The van der Waals surface area contributed by atoms with Gasteiger partial charge in [0.15, 0.2) is 5.43 Å². The zero-order valence-corrected chi connectivity index (χ0v) is 9.87. The van der Waals surface area contributed by atoms with Gasteiger partial charge in [0.1, 0.15) is 17.0 Å². The molecule has 0 atom stereocenters. The van der Waals surface area contributed by atoms with Gasteiger partial charge in [0.2, 0.25) is 0 Å². The summed E-state index contributed by atoms with van der Waals surface area (Å²) in [7, 11) is 0. The molecule has 0 fully saturated rings. The second-order valence-corrected chi connectivity index (χ2v) is 4.08. The maximum atomic E-state index is 12.1. The van der Waals surface area contributed by atoms with Crippen molar-refractivity contribution in [3.63, 3.8) is 0 Å². The zero-order chi connectivity index (χ0) is 13.2. The van der Waals surface area contributed by atoms with Crippen LogP contribution in [0.5, 0.6) is 0 Å². The topological polar surface area (TPSA) is 59.6 Å². The maximum Gasteiger partial charge on any atom is 0.195 e. The van der Waals surface area contributed by atoms with E-state index in [0.717, 1.165) is 5.56 Å². The lowest BCUT2D eigenvalue weighted by atomic mass is 10.1. The van der Waals surface area contributed by atoms with Crippen molar-refractivity contribution in [2.45, 2.75) is 0 Å². The molecule has 0 N–H and O–H groups in total. The molecule has 0 radical (unpaired) electrons. The lowest BCUT2D eigenvalue weighted by Gasteiger charge is -2.03. The smallest absolute Gasteiger partial charge is 0.195 e. The molecule has 0 aliphatic carbocycles. The van der Waals surface area contributed by atoms with Gasteiger partial charge in [0.25, 0.3) is 0 Å². The van der Waals surface area contributed by atoms with Crippen LogP contribution in [0.1, 0.15) is 0 Å². The Hall–Kier alpha value is -2.75. The molecule has 0 spiro atoms. The second-order valence-electron chi connectivity index (χ2n) is 4.08. The summed E-state index contributed by atoms with van der Waals surface area (Å²) in [5.41, 5.74) is 1.01. The SMILES string of the molecule is O=Nc1cccc2oc(-c3ccccc3)cc(=O)c12. The quantitative estimate of drug-likeness (QED) is 0.650. The van der Waals surface area contributed by atoms with Crippen molar-refractivity contribution in [3.05, 3.63) is 69.7 Å². The summed E-state index contributed by atoms with van der Waals surface area (Å²) in [6, 6.07) is 15.5. The fraction of sp³-hybridized carbons (Fsp3) is 0. The Labute approximate surface area is 108 Å². The molecular weight excluding hydrogens is 242 g/mol. The molecule has 92 valence electrons. The van der Waals surface area contributed by atoms with Crippen molar-refractivity contribution in [3.8, 4) is 11.3 Å². The fourth-order valence-electron chi connectivity index (χ4n) is 2.01. The van der Waals surface area contributed by atoms with Crippen molar-refractivity contribution in [2.24, 2.45) is 5.18 Å². The molecule has 0 aliphatic rings. The Morgan fingerprint density at radius 1 is 0.947 bits per heavy atom. The normalized spacial score (nSPS) is 10.5. The standard InChI is InChI=1S/C15H9NO3/c17-12-9-14(10-5-2-1-3-6-10)19-13-8-4-7-11(16-18)15(12)13/h1-9H. The Morgan fingerprint density at radius 2 is 1.74 bits per heavy atom. The second kappa shape index (κ2) is 4.49. The van der Waals surface area contributed by atoms with Crippen LogP contribution < -0.4 is 5.43 Å². The van der Waals surface area contributed by atoms with Crippen LogP contribution in [0, 0.1) is 4.91 Å². The van der Waals surface area contributed by atoms with Gasteiger partial charge in [-0.1, -0.05) is 36.4 Å². The van der Waals surface area contributed by atoms with Crippen LogP contribution in [0.4, 0.5) is 5.69 Å². The Bertz CT molecular complexity index is 806. The van der Waals surface area contributed by atoms with Crippen LogP contribution in [0.15, 0.2) is 69.0 Å². The van der Waals surface area contributed by atoms with E-state index in [1.165, 1.54) is 12.1 Å². The van der Waals surface area contributed by atoms with E-state index in [2.05, 4.69) is 5.18 Å². The highest BCUT2D eigenvalue weighted by atomic mass is 16.3. The number of fused-ring (bicyclic) bond motifs is 1. The van der Waals surface area contributed by atoms with Gasteiger partial charge in [0, 0.05) is 11.6 Å². The highest BCUT2D eigenvalue weighted by Gasteiger charge is 2.10. The third-order valence-electron chi connectivity index (χ3n) is 2.89. The van der Waals surface area contributed by atoms with Gasteiger partial charge in [-0.3, -0.25) is 4.79 Å². The first kappa shape index (κ1) is 11.3. The Balaban J connectivity index is 2.33. The molecular formula is C15H9NO3. The van der Waals surface area contributed by atoms with Crippen molar-refractivity contribution < 1.29 is 4.42 Å². The number of benzene rings is 2. The van der Waals surface area contributed by atoms with E-state index in [0.29, 0.717) is 11.3 Å². The number of nitrogens with zero attached hydrogens (tertiary/aromatic N) is 1. The molecule has 0 unspecified atom stereocenters. The van der Waals surface area contributed by atoms with Gasteiger partial charge < -0.3 is 4.42 Å². The predicted molar refractivity (Wildman–Crippen MR) is 73.4 cm³/mol. The van der Waals surface area contributed by atoms with Gasteiger partial charge >= 0.3 is 0 Å². The number of nitroso groups, excluding NO2 is 1.